The lowest BCUT2D eigenvalue weighted by Crippen LogP contribution is -2.33. The summed E-state index contributed by atoms with van der Waals surface area (Å²) in [6.45, 7) is 6.40. The van der Waals surface area contributed by atoms with Gasteiger partial charge in [-0.2, -0.15) is 0 Å². The summed E-state index contributed by atoms with van der Waals surface area (Å²) in [7, 11) is 0. The number of thiazole rings is 1. The molecule has 1 aromatic heterocycles. The van der Waals surface area contributed by atoms with Crippen molar-refractivity contribution in [3.8, 4) is 0 Å². The maximum Gasteiger partial charge on any atom is 0.233 e. The highest BCUT2D eigenvalue weighted by Crippen LogP contribution is 2.30. The summed E-state index contributed by atoms with van der Waals surface area (Å²) >= 11 is 2.83. The van der Waals surface area contributed by atoms with Gasteiger partial charge in [-0.25, -0.2) is 4.98 Å². The van der Waals surface area contributed by atoms with Crippen molar-refractivity contribution >= 4 is 34.9 Å². The summed E-state index contributed by atoms with van der Waals surface area (Å²) in [5, 5.41) is 2.74. The number of nitrogens with one attached hydrogen (secondary N) is 1. The molecule has 2 aromatic rings. The third kappa shape index (κ3) is 5.86. The van der Waals surface area contributed by atoms with Crippen molar-refractivity contribution in [1.82, 2.24) is 10.3 Å². The number of hydrogen-bond acceptors (Lipinski definition) is 5. The van der Waals surface area contributed by atoms with Crippen LogP contribution in [0, 0.1) is 6.92 Å². The molecule has 0 radical (unpaired) electrons. The van der Waals surface area contributed by atoms with Gasteiger partial charge in [0.25, 0.3) is 0 Å². The van der Waals surface area contributed by atoms with E-state index in [4.69, 9.17) is 5.73 Å². The Labute approximate surface area is 156 Å². The van der Waals surface area contributed by atoms with Crippen LogP contribution in [0.5, 0.6) is 0 Å². The first-order valence-corrected chi connectivity index (χ1v) is 9.80. The van der Waals surface area contributed by atoms with Crippen LogP contribution in [0.3, 0.4) is 0 Å². The van der Waals surface area contributed by atoms with Gasteiger partial charge in [0.2, 0.25) is 11.8 Å². The Hall–Kier alpha value is -1.86. The third-order valence-electron chi connectivity index (χ3n) is 3.81. The molecular formula is C18H23N3O2S2. The summed E-state index contributed by atoms with van der Waals surface area (Å²) in [4.78, 5) is 28.7. The molecule has 0 bridgehead atoms. The fraction of sp³-hybridized carbons (Fsp3) is 0.389. The highest BCUT2D eigenvalue weighted by molar-refractivity contribution is 8.02. The number of nitrogens with zero attached hydrogens (tertiary/aromatic N) is 1. The van der Waals surface area contributed by atoms with E-state index < -0.39 is 0 Å². The van der Waals surface area contributed by atoms with E-state index in [0.717, 1.165) is 14.9 Å². The fourth-order valence-corrected chi connectivity index (χ4v) is 4.69. The van der Waals surface area contributed by atoms with Crippen LogP contribution >= 0.6 is 23.1 Å². The van der Waals surface area contributed by atoms with Crippen molar-refractivity contribution in [2.24, 2.45) is 5.73 Å². The zero-order chi connectivity index (χ0) is 18.4. The van der Waals surface area contributed by atoms with Gasteiger partial charge in [0.15, 0.2) is 4.34 Å². The van der Waals surface area contributed by atoms with Crippen molar-refractivity contribution in [3.63, 3.8) is 0 Å². The first-order chi connectivity index (χ1) is 11.9. The number of aryl methyl sites for hydroxylation is 1. The monoisotopic (exact) mass is 377 g/mol. The molecule has 0 fully saturated rings. The summed E-state index contributed by atoms with van der Waals surface area (Å²) in [6.07, 6.45) is 0.194. The van der Waals surface area contributed by atoms with Crippen LogP contribution in [-0.2, 0) is 16.0 Å². The Balaban J connectivity index is 1.87. The van der Waals surface area contributed by atoms with Crippen LogP contribution in [0.25, 0.3) is 0 Å². The van der Waals surface area contributed by atoms with Gasteiger partial charge in [0.05, 0.1) is 17.4 Å². The molecular weight excluding hydrogens is 354 g/mol. The largest absolute Gasteiger partial charge is 0.369 e. The molecule has 0 aliphatic carbocycles. The molecule has 0 spiro atoms. The van der Waals surface area contributed by atoms with Crippen molar-refractivity contribution in [3.05, 3.63) is 46.5 Å². The zero-order valence-corrected chi connectivity index (χ0v) is 16.2. The van der Waals surface area contributed by atoms with Crippen LogP contribution < -0.4 is 11.1 Å². The van der Waals surface area contributed by atoms with Crippen molar-refractivity contribution in [2.75, 3.05) is 6.54 Å². The molecule has 2 amide bonds. The standard InChI is InChI=1S/C18H23N3O2S2/c1-11(14-7-5-4-6-8-14)10-20-17(23)13(3)24-18-21-12(2)15(25-18)9-16(19)22/h4-8,11,13H,9-10H2,1-3H3,(H2,19,22)(H,20,23). The van der Waals surface area contributed by atoms with Crippen molar-refractivity contribution in [1.29, 1.82) is 0 Å². The third-order valence-corrected chi connectivity index (χ3v) is 6.16. The second-order valence-electron chi connectivity index (χ2n) is 5.95. The molecule has 2 atom stereocenters. The average molecular weight is 378 g/mol. The minimum atomic E-state index is -0.371. The van der Waals surface area contributed by atoms with E-state index in [1.54, 1.807) is 0 Å². The molecule has 1 aromatic carbocycles. The normalized spacial score (nSPS) is 13.2. The Morgan fingerprint density at radius 2 is 1.96 bits per heavy atom. The lowest BCUT2D eigenvalue weighted by molar-refractivity contribution is -0.120. The van der Waals surface area contributed by atoms with E-state index >= 15 is 0 Å². The number of primary amides is 1. The van der Waals surface area contributed by atoms with E-state index in [9.17, 15) is 9.59 Å². The minimum Gasteiger partial charge on any atom is -0.369 e. The van der Waals surface area contributed by atoms with Gasteiger partial charge in [0, 0.05) is 11.4 Å². The van der Waals surface area contributed by atoms with Crippen LogP contribution in [0.2, 0.25) is 0 Å². The maximum absolute atomic E-state index is 12.3. The van der Waals surface area contributed by atoms with Gasteiger partial charge in [-0.1, -0.05) is 49.0 Å². The quantitative estimate of drug-likeness (QED) is 0.693. The molecule has 0 aliphatic heterocycles. The molecule has 2 unspecified atom stereocenters. The molecule has 134 valence electrons. The van der Waals surface area contributed by atoms with Gasteiger partial charge in [-0.15, -0.1) is 11.3 Å². The number of carbonyl (C=O) groups is 2. The molecule has 0 aliphatic rings. The number of thioether (sulfide) groups is 1. The number of benzene rings is 1. The number of nitrogens with two attached hydrogens (primary N) is 1. The van der Waals surface area contributed by atoms with Crippen molar-refractivity contribution < 1.29 is 9.59 Å². The van der Waals surface area contributed by atoms with Gasteiger partial charge < -0.3 is 11.1 Å². The predicted molar refractivity (Wildman–Crippen MR) is 103 cm³/mol. The predicted octanol–water partition coefficient (Wildman–Crippen LogP) is 2.88. The van der Waals surface area contributed by atoms with E-state index in [2.05, 4.69) is 29.4 Å². The van der Waals surface area contributed by atoms with Crippen LogP contribution in [0.15, 0.2) is 34.7 Å². The highest BCUT2D eigenvalue weighted by atomic mass is 32.2. The first-order valence-electron chi connectivity index (χ1n) is 8.10. The fourth-order valence-electron chi connectivity index (χ4n) is 2.28. The highest BCUT2D eigenvalue weighted by Gasteiger charge is 2.19. The maximum atomic E-state index is 12.3. The van der Waals surface area contributed by atoms with Crippen LogP contribution in [0.4, 0.5) is 0 Å². The second kappa shape index (κ2) is 9.01. The summed E-state index contributed by atoms with van der Waals surface area (Å²) in [5.74, 6) is -0.132. The van der Waals surface area contributed by atoms with Gasteiger partial charge in [-0.05, 0) is 25.3 Å². The summed E-state index contributed by atoms with van der Waals surface area (Å²) in [6, 6.07) is 10.1. The van der Waals surface area contributed by atoms with Crippen LogP contribution in [0.1, 0.15) is 35.9 Å². The molecule has 0 saturated heterocycles. The SMILES string of the molecule is Cc1nc(SC(C)C(=O)NCC(C)c2ccccc2)sc1CC(N)=O. The number of amides is 2. The van der Waals surface area contributed by atoms with E-state index in [0.29, 0.717) is 6.54 Å². The minimum absolute atomic E-state index is 0.0166. The molecule has 25 heavy (non-hydrogen) atoms. The molecule has 2 rings (SSSR count). The average Bonchev–Trinajstić information content (AvgIpc) is 2.91. The molecule has 0 saturated carbocycles. The number of aromatic nitrogens is 1. The smallest absolute Gasteiger partial charge is 0.233 e. The van der Waals surface area contributed by atoms with Crippen LogP contribution in [-0.4, -0.2) is 28.6 Å². The topological polar surface area (TPSA) is 85.1 Å². The number of carbonyl (C=O) groups excluding carboxylic acids is 2. The molecule has 7 heteroatoms. The van der Waals surface area contributed by atoms with E-state index in [-0.39, 0.29) is 29.4 Å². The van der Waals surface area contributed by atoms with Crippen molar-refractivity contribution in [2.45, 2.75) is 42.7 Å². The Kier molecular flexibility index (Phi) is 7.01. The Bertz CT molecular complexity index is 731. The number of hydrogen-bond donors (Lipinski definition) is 2. The summed E-state index contributed by atoms with van der Waals surface area (Å²) in [5.41, 5.74) is 7.24. The second-order valence-corrected chi connectivity index (χ2v) is 8.62. The lowest BCUT2D eigenvalue weighted by Gasteiger charge is -2.15. The van der Waals surface area contributed by atoms with Gasteiger partial charge in [-0.3, -0.25) is 9.59 Å². The number of rotatable bonds is 8. The molecule has 1 heterocycles. The lowest BCUT2D eigenvalue weighted by atomic mass is 10.0. The first kappa shape index (κ1) is 19.5. The summed E-state index contributed by atoms with van der Waals surface area (Å²) < 4.78 is 0.785. The zero-order valence-electron chi connectivity index (χ0n) is 14.6. The molecule has 5 nitrogen and oxygen atoms in total. The van der Waals surface area contributed by atoms with Gasteiger partial charge in [0.1, 0.15) is 0 Å². The van der Waals surface area contributed by atoms with E-state index in [1.807, 2.05) is 32.0 Å². The molecule has 3 N–H and O–H groups in total. The Morgan fingerprint density at radius 3 is 2.60 bits per heavy atom. The van der Waals surface area contributed by atoms with E-state index in [1.165, 1.54) is 28.7 Å². The Morgan fingerprint density at radius 1 is 1.28 bits per heavy atom. The van der Waals surface area contributed by atoms with Gasteiger partial charge >= 0.3 is 0 Å².